The van der Waals surface area contributed by atoms with Crippen molar-refractivity contribution in [1.82, 2.24) is 0 Å². The Balaban J connectivity index is 0.683. The molecular weight excluding hydrogens is 1380 g/mol. The Labute approximate surface area is 663 Å². The molecule has 18 aromatic carbocycles. The molecule has 0 amide bonds. The van der Waals surface area contributed by atoms with Crippen LogP contribution in [0.4, 0.5) is 34.1 Å². The molecule has 114 heavy (non-hydrogen) atoms. The third kappa shape index (κ3) is 11.0. The van der Waals surface area contributed by atoms with E-state index in [0.29, 0.717) is 0 Å². The van der Waals surface area contributed by atoms with E-state index in [4.69, 9.17) is 8.83 Å². The minimum Gasteiger partial charge on any atom is -0.456 e. The van der Waals surface area contributed by atoms with Crippen LogP contribution in [0.15, 0.2) is 397 Å². The maximum absolute atomic E-state index is 7.12. The molecule has 0 N–H and O–H groups in total. The van der Waals surface area contributed by atoms with Crippen molar-refractivity contribution in [3.05, 3.63) is 411 Å². The highest BCUT2D eigenvalue weighted by molar-refractivity contribution is 6.12. The van der Waals surface area contributed by atoms with Gasteiger partial charge in [0.25, 0.3) is 0 Å². The Morgan fingerprint density at radius 2 is 0.579 bits per heavy atom. The van der Waals surface area contributed by atoms with Crippen LogP contribution in [0, 0.1) is 0 Å². The summed E-state index contributed by atoms with van der Waals surface area (Å²) in [6, 6.07) is 143. The number of nitrogens with zero attached hydrogens (tertiary/aromatic N) is 2. The van der Waals surface area contributed by atoms with Gasteiger partial charge in [0.2, 0.25) is 0 Å². The zero-order valence-electron chi connectivity index (χ0n) is 63.7. The van der Waals surface area contributed by atoms with Gasteiger partial charge in [0.1, 0.15) is 16.7 Å². The van der Waals surface area contributed by atoms with Crippen LogP contribution in [0.1, 0.15) is 49.9 Å². The van der Waals surface area contributed by atoms with Gasteiger partial charge in [0.15, 0.2) is 5.58 Å². The first kappa shape index (κ1) is 66.6. The summed E-state index contributed by atoms with van der Waals surface area (Å²) in [7, 11) is 0. The number of anilines is 6. The minimum atomic E-state index is -0.346. The lowest BCUT2D eigenvalue weighted by Gasteiger charge is -2.30. The van der Waals surface area contributed by atoms with Crippen molar-refractivity contribution in [2.45, 2.75) is 38.5 Å². The predicted octanol–water partition coefficient (Wildman–Crippen LogP) is 31.0. The van der Waals surface area contributed by atoms with Crippen molar-refractivity contribution >= 4 is 99.5 Å². The SMILES string of the molecule is CC1(C)c2cc(-c3ccc4ccccc4c3)ccc2-c2ccc(N(c3ccc4oc5cc(-c6ccc(-c7ccc(-c8ccccc8)cc7)c(N(c7ccc8c(c7)C(C)(C)c7cc(-c9ccc%10ccccc%10c9)ccc7-8)c7cccc8c7oc7ccccc78)c6)ccc5c4c3)c3ccccc3-c3ccc(-c4ccccc4)cc3)cc21. The van der Waals surface area contributed by atoms with E-state index in [9.17, 15) is 0 Å². The van der Waals surface area contributed by atoms with E-state index < -0.39 is 0 Å². The average Bonchev–Trinajstić information content (AvgIpc) is 1.60. The van der Waals surface area contributed by atoms with Crippen molar-refractivity contribution in [2.24, 2.45) is 0 Å². The molecule has 4 heteroatoms. The molecule has 0 spiro atoms. The number of furan rings is 2. The summed E-state index contributed by atoms with van der Waals surface area (Å²) in [5.74, 6) is 0. The van der Waals surface area contributed by atoms with Crippen LogP contribution in [0.3, 0.4) is 0 Å². The first-order valence-corrected chi connectivity index (χ1v) is 39.6. The highest BCUT2D eigenvalue weighted by atomic mass is 16.3. The van der Waals surface area contributed by atoms with Crippen molar-refractivity contribution in [2.75, 3.05) is 9.80 Å². The van der Waals surface area contributed by atoms with Gasteiger partial charge >= 0.3 is 0 Å². The zero-order chi connectivity index (χ0) is 75.9. The Morgan fingerprint density at radius 1 is 0.193 bits per heavy atom. The quantitative estimate of drug-likeness (QED) is 0.115. The van der Waals surface area contributed by atoms with E-state index in [2.05, 4.69) is 426 Å². The summed E-state index contributed by atoms with van der Waals surface area (Å²) < 4.78 is 14.2. The Morgan fingerprint density at radius 3 is 1.18 bits per heavy atom. The van der Waals surface area contributed by atoms with Gasteiger partial charge in [0, 0.05) is 60.6 Å². The normalized spacial score (nSPS) is 13.1. The van der Waals surface area contributed by atoms with Crippen LogP contribution < -0.4 is 9.80 Å². The molecule has 2 aliphatic rings. The fourth-order valence-corrected chi connectivity index (χ4v) is 18.7. The predicted molar refractivity (Wildman–Crippen MR) is 479 cm³/mol. The van der Waals surface area contributed by atoms with Gasteiger partial charge in [-0.1, -0.05) is 313 Å². The number of fused-ring (bicyclic) bond motifs is 14. The molecule has 0 saturated heterocycles. The van der Waals surface area contributed by atoms with Crippen LogP contribution >= 0.6 is 0 Å². The van der Waals surface area contributed by atoms with Gasteiger partial charge in [-0.25, -0.2) is 0 Å². The first-order chi connectivity index (χ1) is 56.0. The minimum absolute atomic E-state index is 0.304. The van der Waals surface area contributed by atoms with Gasteiger partial charge in [-0.15, -0.1) is 0 Å². The largest absolute Gasteiger partial charge is 0.456 e. The fourth-order valence-electron chi connectivity index (χ4n) is 18.7. The summed E-state index contributed by atoms with van der Waals surface area (Å²) >= 11 is 0. The highest BCUT2D eigenvalue weighted by Gasteiger charge is 2.39. The molecule has 0 radical (unpaired) electrons. The maximum atomic E-state index is 7.12. The van der Waals surface area contributed by atoms with Crippen molar-refractivity contribution in [3.8, 4) is 100 Å². The third-order valence-corrected chi connectivity index (χ3v) is 24.7. The number of rotatable bonds is 13. The summed E-state index contributed by atoms with van der Waals surface area (Å²) in [6.45, 7) is 9.57. The molecule has 22 rings (SSSR count). The molecule has 0 atom stereocenters. The van der Waals surface area contributed by atoms with Crippen molar-refractivity contribution in [3.63, 3.8) is 0 Å². The van der Waals surface area contributed by atoms with Gasteiger partial charge < -0.3 is 18.6 Å². The van der Waals surface area contributed by atoms with Gasteiger partial charge in [-0.05, 0) is 236 Å². The lowest BCUT2D eigenvalue weighted by Crippen LogP contribution is -2.17. The molecule has 2 aromatic heterocycles. The molecule has 4 nitrogen and oxygen atoms in total. The number of para-hydroxylation sites is 3. The third-order valence-electron chi connectivity index (χ3n) is 24.7. The highest BCUT2D eigenvalue weighted by Crippen LogP contribution is 2.56. The van der Waals surface area contributed by atoms with Crippen LogP contribution in [0.25, 0.3) is 166 Å². The lowest BCUT2D eigenvalue weighted by molar-refractivity contribution is 0.660. The van der Waals surface area contributed by atoms with Gasteiger partial charge in [0.05, 0.1) is 17.1 Å². The summed E-state index contributed by atoms with van der Waals surface area (Å²) in [5, 5.41) is 9.17. The molecule has 538 valence electrons. The summed E-state index contributed by atoms with van der Waals surface area (Å²) in [6.07, 6.45) is 0. The van der Waals surface area contributed by atoms with E-state index in [0.717, 1.165) is 117 Å². The standard InChI is InChI=1S/C110H76N2O2/c1-109(2)98-62-81(79-44-38-71-24-11-13-26-77(71)60-79)47-54-90(98)92-57-50-86(67-100(92)109)111(102-31-17-15-28-88(102)75-40-34-73(35-41-75)69-20-7-5-8-21-69)85-52-59-106-97(66-85)95-56-49-84(65-107(95)113-106)83-46-53-89(76-42-36-74(37-43-76)70-22-9-6-10-23-70)104(64-83)112(103-32-19-30-96-94-29-16-18-33-105(94)114-108(96)103)87-51-58-93-91-55-48-82(63-99(91)110(3,4)101(93)68-87)80-45-39-72-25-12-14-27-78(72)61-80/h5-68H,1-4H3. The molecular formula is C110H76N2O2. The van der Waals surface area contributed by atoms with Gasteiger partial charge in [-0.3, -0.25) is 0 Å². The van der Waals surface area contributed by atoms with E-state index in [-0.39, 0.29) is 10.8 Å². The van der Waals surface area contributed by atoms with Crippen molar-refractivity contribution in [1.29, 1.82) is 0 Å². The molecule has 0 saturated carbocycles. The number of hydrogen-bond donors (Lipinski definition) is 0. The lowest BCUT2D eigenvalue weighted by atomic mass is 9.81. The molecule has 2 heterocycles. The molecule has 0 fully saturated rings. The smallest absolute Gasteiger partial charge is 0.159 e. The van der Waals surface area contributed by atoms with Crippen LogP contribution in [0.2, 0.25) is 0 Å². The van der Waals surface area contributed by atoms with E-state index in [1.54, 1.807) is 0 Å². The fraction of sp³-hybridized carbons (Fsp3) is 0.0545. The average molecular weight is 1460 g/mol. The molecule has 20 aromatic rings. The van der Waals surface area contributed by atoms with Gasteiger partial charge in [-0.2, -0.15) is 0 Å². The second-order valence-electron chi connectivity index (χ2n) is 31.9. The van der Waals surface area contributed by atoms with Crippen LogP contribution in [0.5, 0.6) is 0 Å². The zero-order valence-corrected chi connectivity index (χ0v) is 63.7. The molecule has 2 aliphatic carbocycles. The number of hydrogen-bond acceptors (Lipinski definition) is 4. The second kappa shape index (κ2) is 26.2. The topological polar surface area (TPSA) is 32.8 Å². The summed E-state index contributed by atoms with van der Waals surface area (Å²) in [4.78, 5) is 4.93. The second-order valence-corrected chi connectivity index (χ2v) is 31.9. The number of benzene rings is 18. The maximum Gasteiger partial charge on any atom is 0.159 e. The monoisotopic (exact) mass is 1460 g/mol. The van der Waals surface area contributed by atoms with E-state index in [1.807, 2.05) is 0 Å². The van der Waals surface area contributed by atoms with E-state index in [1.165, 1.54) is 105 Å². The Kier molecular flexibility index (Phi) is 15.3. The molecule has 0 unspecified atom stereocenters. The Bertz CT molecular complexity index is 7280. The van der Waals surface area contributed by atoms with Crippen LogP contribution in [-0.4, -0.2) is 0 Å². The summed E-state index contributed by atoms with van der Waals surface area (Å²) in [5.41, 5.74) is 35.1. The van der Waals surface area contributed by atoms with Crippen LogP contribution in [-0.2, 0) is 10.8 Å². The molecule has 0 bridgehead atoms. The Hall–Kier alpha value is -14.3. The van der Waals surface area contributed by atoms with E-state index >= 15 is 0 Å². The van der Waals surface area contributed by atoms with Crippen molar-refractivity contribution < 1.29 is 8.83 Å². The first-order valence-electron chi connectivity index (χ1n) is 39.6. The molecule has 0 aliphatic heterocycles.